The number of ether oxygens (including phenoxy) is 1. The highest BCUT2D eigenvalue weighted by Gasteiger charge is 2.16. The largest absolute Gasteiger partial charge is 0.373 e. The number of allylic oxidation sites excluding steroid dienone is 2. The lowest BCUT2D eigenvalue weighted by atomic mass is 9.96. The Hall–Kier alpha value is -0.560. The Morgan fingerprint density at radius 3 is 2.17 bits per heavy atom. The molecule has 0 aliphatic heterocycles. The molecule has 0 aromatic carbocycles. The van der Waals surface area contributed by atoms with Gasteiger partial charge in [-0.15, -0.1) is 0 Å². The summed E-state index contributed by atoms with van der Waals surface area (Å²) in [6.45, 7) is 16.2. The van der Waals surface area contributed by atoms with Gasteiger partial charge in [0.15, 0.2) is 0 Å². The van der Waals surface area contributed by atoms with E-state index in [4.69, 9.17) is 4.74 Å². The summed E-state index contributed by atoms with van der Waals surface area (Å²) in [7, 11) is 0. The van der Waals surface area contributed by atoms with Gasteiger partial charge < -0.3 is 4.74 Å². The van der Waals surface area contributed by atoms with Gasteiger partial charge in [0.2, 0.25) is 0 Å². The Balaban J connectivity index is 0.000000494. The molecule has 2 unspecified atom stereocenters. The minimum atomic E-state index is 0.285. The van der Waals surface area contributed by atoms with E-state index in [1.54, 1.807) is 0 Å². The fourth-order valence-corrected chi connectivity index (χ4v) is 1.38. The molecule has 106 valence electrons. The Morgan fingerprint density at radius 1 is 1.17 bits per heavy atom. The topological polar surface area (TPSA) is 9.23 Å². The van der Waals surface area contributed by atoms with Crippen molar-refractivity contribution in [2.24, 2.45) is 17.8 Å². The van der Waals surface area contributed by atoms with E-state index in [0.717, 1.165) is 12.5 Å². The lowest BCUT2D eigenvalue weighted by molar-refractivity contribution is 0.0436. The van der Waals surface area contributed by atoms with E-state index in [1.165, 1.54) is 12.0 Å². The van der Waals surface area contributed by atoms with E-state index in [9.17, 15) is 0 Å². The number of hydrogen-bond acceptors (Lipinski definition) is 1. The van der Waals surface area contributed by atoms with E-state index in [0.29, 0.717) is 11.8 Å². The third-order valence-corrected chi connectivity index (χ3v) is 3.05. The van der Waals surface area contributed by atoms with E-state index in [2.05, 4.69) is 66.7 Å². The molecule has 0 radical (unpaired) electrons. The van der Waals surface area contributed by atoms with Crippen molar-refractivity contribution < 1.29 is 4.74 Å². The van der Waals surface area contributed by atoms with Gasteiger partial charge in [0.1, 0.15) is 0 Å². The average Bonchev–Trinajstić information content (AvgIpc) is 2.31. The van der Waals surface area contributed by atoms with Crippen molar-refractivity contribution >= 4 is 0 Å². The Kier molecular flexibility index (Phi) is 9.09. The highest BCUT2D eigenvalue weighted by molar-refractivity contribution is 5.24. The molecule has 1 heteroatoms. The first-order valence-electron chi connectivity index (χ1n) is 7.35. The van der Waals surface area contributed by atoms with Crippen LogP contribution >= 0.6 is 0 Å². The highest BCUT2D eigenvalue weighted by Crippen LogP contribution is 2.19. The van der Waals surface area contributed by atoms with Crippen molar-refractivity contribution in [2.45, 2.75) is 61.0 Å². The maximum Gasteiger partial charge on any atom is 0.0821 e. The summed E-state index contributed by atoms with van der Waals surface area (Å²) in [4.78, 5) is 0. The second kappa shape index (κ2) is 9.38. The van der Waals surface area contributed by atoms with Crippen molar-refractivity contribution in [1.29, 1.82) is 0 Å². The van der Waals surface area contributed by atoms with E-state index < -0.39 is 0 Å². The van der Waals surface area contributed by atoms with Crippen LogP contribution < -0.4 is 0 Å². The summed E-state index contributed by atoms with van der Waals surface area (Å²) in [6.07, 6.45) is 8.19. The molecule has 0 saturated carbocycles. The lowest BCUT2D eigenvalue weighted by Gasteiger charge is -2.23. The first-order valence-corrected chi connectivity index (χ1v) is 7.35. The second-order valence-corrected chi connectivity index (χ2v) is 6.12. The molecule has 0 fully saturated rings. The smallest absolute Gasteiger partial charge is 0.0821 e. The lowest BCUT2D eigenvalue weighted by Crippen LogP contribution is -2.22. The second-order valence-electron chi connectivity index (χ2n) is 6.12. The minimum Gasteiger partial charge on any atom is -0.373 e. The first kappa shape index (κ1) is 17.4. The van der Waals surface area contributed by atoms with Crippen LogP contribution in [0.5, 0.6) is 0 Å². The monoisotopic (exact) mass is 252 g/mol. The van der Waals surface area contributed by atoms with Crippen LogP contribution in [0.3, 0.4) is 0 Å². The number of hydrogen-bond donors (Lipinski definition) is 0. The summed E-state index contributed by atoms with van der Waals surface area (Å²) in [5, 5.41) is 0. The zero-order chi connectivity index (χ0) is 14.1. The molecule has 2 atom stereocenters. The van der Waals surface area contributed by atoms with Gasteiger partial charge in [-0.1, -0.05) is 71.8 Å². The molecule has 0 N–H and O–H groups in total. The van der Waals surface area contributed by atoms with Crippen molar-refractivity contribution in [3.63, 3.8) is 0 Å². The molecule has 1 aliphatic rings. The summed E-state index contributed by atoms with van der Waals surface area (Å²) in [5.74, 6) is 2.02. The van der Waals surface area contributed by atoms with Crippen LogP contribution in [0.15, 0.2) is 23.8 Å². The molecular formula is C17H32O. The molecule has 1 aliphatic carbocycles. The molecule has 1 nitrogen and oxygen atoms in total. The molecule has 18 heavy (non-hydrogen) atoms. The zero-order valence-corrected chi connectivity index (χ0v) is 13.4. The molecule has 0 aromatic rings. The fourth-order valence-electron chi connectivity index (χ4n) is 1.38. The van der Waals surface area contributed by atoms with Crippen molar-refractivity contribution in [2.75, 3.05) is 6.61 Å². The first-order chi connectivity index (χ1) is 8.36. The van der Waals surface area contributed by atoms with Crippen molar-refractivity contribution in [3.05, 3.63) is 23.8 Å². The van der Waals surface area contributed by atoms with Crippen LogP contribution in [0, 0.1) is 17.8 Å². The molecular weight excluding hydrogens is 220 g/mol. The van der Waals surface area contributed by atoms with Gasteiger partial charge >= 0.3 is 0 Å². The number of rotatable bonds is 4. The van der Waals surface area contributed by atoms with Crippen molar-refractivity contribution in [3.8, 4) is 0 Å². The summed E-state index contributed by atoms with van der Waals surface area (Å²) in [5.41, 5.74) is 1.31. The van der Waals surface area contributed by atoms with Crippen LogP contribution in [-0.2, 0) is 4.74 Å². The third kappa shape index (κ3) is 8.52. The Labute approximate surface area is 114 Å². The standard InChI is InChI=1S/C12H20O.C5H12/c1-9(2)8-13-12-7-10(3)5-6-11(12)4;1-4-5(2)3/h5-7,9,11-12H,8H2,1-4H3;5H,4H2,1-3H3. The van der Waals surface area contributed by atoms with Gasteiger partial charge in [-0.05, 0) is 18.8 Å². The molecule has 0 heterocycles. The summed E-state index contributed by atoms with van der Waals surface area (Å²) in [6, 6.07) is 0. The van der Waals surface area contributed by atoms with Gasteiger partial charge in [-0.25, -0.2) is 0 Å². The third-order valence-electron chi connectivity index (χ3n) is 3.05. The predicted octanol–water partition coefficient (Wildman–Crippen LogP) is 5.23. The fraction of sp³-hybridized carbons (Fsp3) is 0.765. The van der Waals surface area contributed by atoms with Crippen LogP contribution in [0.1, 0.15) is 54.9 Å². The Bertz CT molecular complexity index is 261. The summed E-state index contributed by atoms with van der Waals surface area (Å²) >= 11 is 0. The normalized spacial score (nSPS) is 22.8. The molecule has 0 amide bonds. The van der Waals surface area contributed by atoms with Gasteiger partial charge in [0.05, 0.1) is 6.10 Å². The molecule has 1 rings (SSSR count). The van der Waals surface area contributed by atoms with Gasteiger partial charge in [-0.2, -0.15) is 0 Å². The maximum absolute atomic E-state index is 5.80. The van der Waals surface area contributed by atoms with Crippen LogP contribution in [0.4, 0.5) is 0 Å². The van der Waals surface area contributed by atoms with Crippen LogP contribution in [0.2, 0.25) is 0 Å². The van der Waals surface area contributed by atoms with E-state index in [-0.39, 0.29) is 6.10 Å². The average molecular weight is 252 g/mol. The van der Waals surface area contributed by atoms with Gasteiger partial charge in [-0.3, -0.25) is 0 Å². The quantitative estimate of drug-likeness (QED) is 0.665. The van der Waals surface area contributed by atoms with E-state index >= 15 is 0 Å². The maximum atomic E-state index is 5.80. The SMILES string of the molecule is CC1=CC(OCC(C)C)C(C)C=C1.CCC(C)C. The molecule has 0 saturated heterocycles. The van der Waals surface area contributed by atoms with Crippen LogP contribution in [0.25, 0.3) is 0 Å². The molecule has 0 aromatic heterocycles. The van der Waals surface area contributed by atoms with Crippen molar-refractivity contribution in [1.82, 2.24) is 0 Å². The molecule has 0 bridgehead atoms. The van der Waals surface area contributed by atoms with Crippen LogP contribution in [-0.4, -0.2) is 12.7 Å². The Morgan fingerprint density at radius 2 is 1.72 bits per heavy atom. The minimum absolute atomic E-state index is 0.285. The van der Waals surface area contributed by atoms with E-state index in [1.807, 2.05) is 0 Å². The molecule has 0 spiro atoms. The summed E-state index contributed by atoms with van der Waals surface area (Å²) < 4.78 is 5.80. The highest BCUT2D eigenvalue weighted by atomic mass is 16.5. The van der Waals surface area contributed by atoms with Gasteiger partial charge in [0.25, 0.3) is 0 Å². The van der Waals surface area contributed by atoms with Gasteiger partial charge in [0, 0.05) is 12.5 Å². The predicted molar refractivity (Wildman–Crippen MR) is 81.8 cm³/mol. The zero-order valence-electron chi connectivity index (χ0n) is 13.4.